The maximum atomic E-state index is 6.12. The highest BCUT2D eigenvalue weighted by molar-refractivity contribution is 6.31. The first-order valence-corrected chi connectivity index (χ1v) is 7.02. The van der Waals surface area contributed by atoms with Gasteiger partial charge in [0.25, 0.3) is 0 Å². The molecule has 0 unspecified atom stereocenters. The summed E-state index contributed by atoms with van der Waals surface area (Å²) in [5.41, 5.74) is 1.22. The van der Waals surface area contributed by atoms with E-state index in [2.05, 4.69) is 42.5 Å². The molecule has 0 bridgehead atoms. The van der Waals surface area contributed by atoms with Crippen molar-refractivity contribution in [2.75, 3.05) is 13.6 Å². The van der Waals surface area contributed by atoms with E-state index in [-0.39, 0.29) is 5.54 Å². The lowest BCUT2D eigenvalue weighted by molar-refractivity contribution is 0.501. The molecule has 0 amide bonds. The van der Waals surface area contributed by atoms with Gasteiger partial charge in [-0.1, -0.05) is 29.8 Å². The topological polar surface area (TPSA) is 36.4 Å². The first-order valence-electron chi connectivity index (χ1n) is 6.64. The molecule has 3 nitrogen and oxygen atoms in total. The number of benzene rings is 1. The minimum absolute atomic E-state index is 0.0184. The van der Waals surface area contributed by atoms with Crippen molar-refractivity contribution >= 4 is 17.6 Å². The number of nitrogens with one attached hydrogen (secondary N) is 2. The molecule has 0 atom stereocenters. The Labute approximate surface area is 121 Å². The van der Waals surface area contributed by atoms with E-state index in [0.29, 0.717) is 0 Å². The summed E-state index contributed by atoms with van der Waals surface area (Å²) in [6.45, 7) is 7.22. The van der Waals surface area contributed by atoms with Gasteiger partial charge in [-0.15, -0.1) is 0 Å². The molecule has 2 N–H and O–H groups in total. The van der Waals surface area contributed by atoms with Gasteiger partial charge in [-0.05, 0) is 45.2 Å². The molecule has 1 aromatic rings. The highest BCUT2D eigenvalue weighted by Gasteiger charge is 2.11. The molecule has 0 saturated carbocycles. The van der Waals surface area contributed by atoms with Gasteiger partial charge < -0.3 is 10.6 Å². The lowest BCUT2D eigenvalue weighted by Crippen LogP contribution is -2.47. The summed E-state index contributed by atoms with van der Waals surface area (Å²) in [5, 5.41) is 7.49. The zero-order valence-corrected chi connectivity index (χ0v) is 13.0. The standard InChI is InChI=1S/C15H24ClN3/c1-15(2,3)19-14(17-4)18-11-7-9-12-8-5-6-10-13(12)16/h5-6,8,10H,7,9,11H2,1-4H3,(H2,17,18,19). The van der Waals surface area contributed by atoms with E-state index in [1.807, 2.05) is 18.2 Å². The van der Waals surface area contributed by atoms with Crippen LogP contribution in [0.2, 0.25) is 5.02 Å². The third-order valence-corrected chi connectivity index (χ3v) is 2.96. The van der Waals surface area contributed by atoms with E-state index >= 15 is 0 Å². The largest absolute Gasteiger partial charge is 0.356 e. The molecule has 0 aliphatic rings. The third kappa shape index (κ3) is 6.48. The van der Waals surface area contributed by atoms with Crippen molar-refractivity contribution in [3.63, 3.8) is 0 Å². The Balaban J connectivity index is 2.33. The SMILES string of the molecule is CN=C(NCCCc1ccccc1Cl)NC(C)(C)C. The van der Waals surface area contributed by atoms with Gasteiger partial charge in [-0.3, -0.25) is 4.99 Å². The Morgan fingerprint density at radius 1 is 1.26 bits per heavy atom. The molecule has 0 radical (unpaired) electrons. The predicted molar refractivity (Wildman–Crippen MR) is 84.0 cm³/mol. The fourth-order valence-corrected chi connectivity index (χ4v) is 1.95. The molecule has 1 rings (SSSR count). The molecule has 0 saturated heterocycles. The summed E-state index contributed by atoms with van der Waals surface area (Å²) in [4.78, 5) is 4.20. The van der Waals surface area contributed by atoms with Crippen LogP contribution < -0.4 is 10.6 Å². The average Bonchev–Trinajstić information content (AvgIpc) is 2.33. The fraction of sp³-hybridized carbons (Fsp3) is 0.533. The van der Waals surface area contributed by atoms with E-state index in [1.165, 1.54) is 5.56 Å². The highest BCUT2D eigenvalue weighted by Crippen LogP contribution is 2.16. The van der Waals surface area contributed by atoms with Crippen LogP contribution in [0.1, 0.15) is 32.8 Å². The van der Waals surface area contributed by atoms with Crippen LogP contribution in [0.3, 0.4) is 0 Å². The second-order valence-electron chi connectivity index (χ2n) is 5.57. The molecular weight excluding hydrogens is 258 g/mol. The van der Waals surface area contributed by atoms with Gasteiger partial charge in [0.05, 0.1) is 0 Å². The van der Waals surface area contributed by atoms with Crippen LogP contribution in [0.25, 0.3) is 0 Å². The molecule has 0 aromatic heterocycles. The number of hydrogen-bond acceptors (Lipinski definition) is 1. The first-order chi connectivity index (χ1) is 8.92. The molecule has 0 spiro atoms. The Kier molecular flexibility index (Phi) is 6.16. The minimum Gasteiger partial charge on any atom is -0.356 e. The van der Waals surface area contributed by atoms with E-state index in [1.54, 1.807) is 7.05 Å². The smallest absolute Gasteiger partial charge is 0.191 e. The lowest BCUT2D eigenvalue weighted by atomic mass is 10.1. The van der Waals surface area contributed by atoms with Crippen molar-refractivity contribution in [2.45, 2.75) is 39.2 Å². The normalized spacial score (nSPS) is 12.4. The van der Waals surface area contributed by atoms with E-state index in [4.69, 9.17) is 11.6 Å². The van der Waals surface area contributed by atoms with Gasteiger partial charge >= 0.3 is 0 Å². The lowest BCUT2D eigenvalue weighted by Gasteiger charge is -2.23. The quantitative estimate of drug-likeness (QED) is 0.505. The molecule has 0 fully saturated rings. The molecule has 1 aromatic carbocycles. The second kappa shape index (κ2) is 7.39. The van der Waals surface area contributed by atoms with Gasteiger partial charge in [0.1, 0.15) is 0 Å². The van der Waals surface area contributed by atoms with Gasteiger partial charge in [0, 0.05) is 24.2 Å². The van der Waals surface area contributed by atoms with Gasteiger partial charge in [-0.2, -0.15) is 0 Å². The number of guanidine groups is 1. The average molecular weight is 282 g/mol. The number of rotatable bonds is 4. The summed E-state index contributed by atoms with van der Waals surface area (Å²) in [5.74, 6) is 0.839. The van der Waals surface area contributed by atoms with Crippen LogP contribution in [0.15, 0.2) is 29.3 Å². The van der Waals surface area contributed by atoms with Crippen molar-refractivity contribution in [3.05, 3.63) is 34.9 Å². The van der Waals surface area contributed by atoms with Crippen molar-refractivity contribution in [2.24, 2.45) is 4.99 Å². The van der Waals surface area contributed by atoms with Crippen molar-refractivity contribution < 1.29 is 0 Å². The summed E-state index contributed by atoms with van der Waals surface area (Å²) >= 11 is 6.12. The number of aliphatic imine (C=N–C) groups is 1. The van der Waals surface area contributed by atoms with E-state index in [0.717, 1.165) is 30.4 Å². The zero-order chi connectivity index (χ0) is 14.3. The highest BCUT2D eigenvalue weighted by atomic mass is 35.5. The maximum Gasteiger partial charge on any atom is 0.191 e. The summed E-state index contributed by atoms with van der Waals surface area (Å²) in [7, 11) is 1.79. The molecule has 19 heavy (non-hydrogen) atoms. The predicted octanol–water partition coefficient (Wildman–Crippen LogP) is 3.24. The fourth-order valence-electron chi connectivity index (χ4n) is 1.72. The molecule has 0 heterocycles. The number of aryl methyl sites for hydroxylation is 1. The third-order valence-electron chi connectivity index (χ3n) is 2.59. The van der Waals surface area contributed by atoms with Gasteiger partial charge in [0.2, 0.25) is 0 Å². The van der Waals surface area contributed by atoms with Crippen LogP contribution in [0.4, 0.5) is 0 Å². The van der Waals surface area contributed by atoms with Crippen molar-refractivity contribution in [3.8, 4) is 0 Å². The Morgan fingerprint density at radius 2 is 1.95 bits per heavy atom. The monoisotopic (exact) mass is 281 g/mol. The van der Waals surface area contributed by atoms with E-state index < -0.39 is 0 Å². The van der Waals surface area contributed by atoms with Crippen LogP contribution in [-0.4, -0.2) is 25.1 Å². The summed E-state index contributed by atoms with van der Waals surface area (Å²) in [6, 6.07) is 7.99. The molecule has 0 aliphatic heterocycles. The Bertz CT molecular complexity index is 422. The molecule has 4 heteroatoms. The number of hydrogen-bond donors (Lipinski definition) is 2. The van der Waals surface area contributed by atoms with Crippen LogP contribution in [0, 0.1) is 0 Å². The number of nitrogens with zero attached hydrogens (tertiary/aromatic N) is 1. The van der Waals surface area contributed by atoms with Crippen molar-refractivity contribution in [1.29, 1.82) is 0 Å². The van der Waals surface area contributed by atoms with Crippen molar-refractivity contribution in [1.82, 2.24) is 10.6 Å². The first kappa shape index (κ1) is 15.8. The Morgan fingerprint density at radius 3 is 2.53 bits per heavy atom. The maximum absolute atomic E-state index is 6.12. The van der Waals surface area contributed by atoms with Gasteiger partial charge in [0.15, 0.2) is 5.96 Å². The van der Waals surface area contributed by atoms with E-state index in [9.17, 15) is 0 Å². The summed E-state index contributed by atoms with van der Waals surface area (Å²) in [6.07, 6.45) is 1.99. The van der Waals surface area contributed by atoms with Crippen LogP contribution >= 0.6 is 11.6 Å². The van der Waals surface area contributed by atoms with Crippen LogP contribution in [0.5, 0.6) is 0 Å². The molecule has 106 valence electrons. The Hall–Kier alpha value is -1.22. The second-order valence-corrected chi connectivity index (χ2v) is 5.98. The number of halogens is 1. The zero-order valence-electron chi connectivity index (χ0n) is 12.3. The molecule has 0 aliphatic carbocycles. The minimum atomic E-state index is 0.0184. The van der Waals surface area contributed by atoms with Crippen LogP contribution in [-0.2, 0) is 6.42 Å². The van der Waals surface area contributed by atoms with Gasteiger partial charge in [-0.25, -0.2) is 0 Å². The summed E-state index contributed by atoms with van der Waals surface area (Å²) < 4.78 is 0. The molecular formula is C15H24ClN3.